The van der Waals surface area contributed by atoms with Crippen LogP contribution in [0.2, 0.25) is 0 Å². The van der Waals surface area contributed by atoms with Gasteiger partial charge in [0.2, 0.25) is 0 Å². The van der Waals surface area contributed by atoms with Gasteiger partial charge in [-0.25, -0.2) is 0 Å². The Morgan fingerprint density at radius 3 is 2.86 bits per heavy atom. The number of hydrogen-bond acceptors (Lipinski definition) is 3. The van der Waals surface area contributed by atoms with Crippen molar-refractivity contribution in [1.29, 1.82) is 0 Å². The summed E-state index contributed by atoms with van der Waals surface area (Å²) in [4.78, 5) is 5.68. The predicted octanol–water partition coefficient (Wildman–Crippen LogP) is 4.54. The van der Waals surface area contributed by atoms with Crippen molar-refractivity contribution < 1.29 is 0 Å². The molecule has 2 aromatic heterocycles. The van der Waals surface area contributed by atoms with E-state index in [1.807, 2.05) is 36.2 Å². The van der Waals surface area contributed by atoms with E-state index in [0.29, 0.717) is 0 Å². The molecule has 3 rings (SSSR count). The van der Waals surface area contributed by atoms with E-state index in [2.05, 4.69) is 50.7 Å². The van der Waals surface area contributed by atoms with Crippen LogP contribution in [-0.2, 0) is 6.54 Å². The first kappa shape index (κ1) is 14.5. The second-order valence-corrected chi connectivity index (χ2v) is 7.02. The second-order valence-electron chi connectivity index (χ2n) is 4.80. The van der Waals surface area contributed by atoms with Gasteiger partial charge in [-0.05, 0) is 52.0 Å². The molecule has 0 aliphatic heterocycles. The van der Waals surface area contributed by atoms with E-state index in [1.54, 1.807) is 0 Å². The maximum atomic E-state index is 6.05. The zero-order chi connectivity index (χ0) is 14.8. The smallest absolute Gasteiger partial charge is 0.0648 e. The molecule has 2 N–H and O–H groups in total. The third kappa shape index (κ3) is 3.09. The van der Waals surface area contributed by atoms with Crippen molar-refractivity contribution in [2.45, 2.75) is 18.4 Å². The first-order chi connectivity index (χ1) is 10.2. The van der Waals surface area contributed by atoms with Gasteiger partial charge in [0, 0.05) is 32.8 Å². The van der Waals surface area contributed by atoms with Crippen LogP contribution in [-0.4, -0.2) is 15.3 Å². The van der Waals surface area contributed by atoms with Gasteiger partial charge in [-0.3, -0.25) is 4.98 Å². The van der Waals surface area contributed by atoms with E-state index in [-0.39, 0.29) is 0 Å². The number of nitrogens with zero attached hydrogens (tertiary/aromatic N) is 2. The second kappa shape index (κ2) is 6.12. The van der Waals surface area contributed by atoms with Gasteiger partial charge in [0.25, 0.3) is 0 Å². The number of aromatic nitrogens is 2. The summed E-state index contributed by atoms with van der Waals surface area (Å²) in [6.45, 7) is 2.90. The van der Waals surface area contributed by atoms with Gasteiger partial charge >= 0.3 is 0 Å². The lowest BCUT2D eigenvalue weighted by atomic mass is 10.2. The van der Waals surface area contributed by atoms with Crippen molar-refractivity contribution in [2.24, 2.45) is 0 Å². The minimum atomic E-state index is 0.746. The highest BCUT2D eigenvalue weighted by Crippen LogP contribution is 2.31. The summed E-state index contributed by atoms with van der Waals surface area (Å²) in [6.07, 6.45) is 3.93. The molecular weight excluding hydrogens is 346 g/mol. The lowest BCUT2D eigenvalue weighted by Crippen LogP contribution is -2.00. The molecule has 3 nitrogen and oxygen atoms in total. The number of anilines is 1. The van der Waals surface area contributed by atoms with Crippen LogP contribution in [0, 0.1) is 0 Å². The van der Waals surface area contributed by atoms with E-state index in [4.69, 9.17) is 5.73 Å². The molecular formula is C16H16BrN3S. The number of thioether (sulfide) groups is 1. The summed E-state index contributed by atoms with van der Waals surface area (Å²) in [7, 11) is 0. The highest BCUT2D eigenvalue weighted by atomic mass is 79.9. The Morgan fingerprint density at radius 1 is 1.29 bits per heavy atom. The van der Waals surface area contributed by atoms with Crippen LogP contribution in [0.3, 0.4) is 0 Å². The molecule has 0 aliphatic carbocycles. The number of nitrogen functional groups attached to an aromatic ring is 1. The number of rotatable bonds is 4. The molecule has 108 valence electrons. The number of halogens is 1. The molecule has 5 heteroatoms. The zero-order valence-corrected chi connectivity index (χ0v) is 14.1. The molecule has 0 atom stereocenters. The van der Waals surface area contributed by atoms with Gasteiger partial charge in [-0.15, -0.1) is 11.8 Å². The van der Waals surface area contributed by atoms with Crippen molar-refractivity contribution in [3.8, 4) is 0 Å². The fraction of sp³-hybridized carbons (Fsp3) is 0.188. The average molecular weight is 362 g/mol. The third-order valence-corrected chi connectivity index (χ3v) is 4.70. The van der Waals surface area contributed by atoms with Crippen LogP contribution in [0.15, 0.2) is 52.1 Å². The fourth-order valence-corrected chi connectivity index (χ4v) is 3.46. The Labute approximate surface area is 136 Å². The molecule has 0 aliphatic rings. The highest BCUT2D eigenvalue weighted by molar-refractivity contribution is 9.10. The number of pyridine rings is 1. The Morgan fingerprint density at radius 2 is 2.14 bits per heavy atom. The number of benzene rings is 1. The van der Waals surface area contributed by atoms with Crippen molar-refractivity contribution in [3.63, 3.8) is 0 Å². The minimum absolute atomic E-state index is 0.746. The van der Waals surface area contributed by atoms with Gasteiger partial charge < -0.3 is 10.3 Å². The Bertz CT molecular complexity index is 765. The predicted molar refractivity (Wildman–Crippen MR) is 93.8 cm³/mol. The van der Waals surface area contributed by atoms with Crippen molar-refractivity contribution in [3.05, 3.63) is 52.9 Å². The van der Waals surface area contributed by atoms with Gasteiger partial charge in [0.15, 0.2) is 0 Å². The highest BCUT2D eigenvalue weighted by Gasteiger charge is 2.08. The van der Waals surface area contributed by atoms with Gasteiger partial charge in [-0.2, -0.15) is 0 Å². The SMILES string of the molecule is CCSc1cc(N)cc2c1ccn2Cc1ccc(Br)cn1. The molecule has 2 heterocycles. The molecule has 0 fully saturated rings. The summed E-state index contributed by atoms with van der Waals surface area (Å²) < 4.78 is 3.19. The lowest BCUT2D eigenvalue weighted by Gasteiger charge is -2.08. The van der Waals surface area contributed by atoms with Crippen LogP contribution in [0.1, 0.15) is 12.6 Å². The summed E-state index contributed by atoms with van der Waals surface area (Å²) >= 11 is 5.24. The molecule has 1 aromatic carbocycles. The molecule has 0 spiro atoms. The molecule has 0 radical (unpaired) electrons. The summed E-state index contributed by atoms with van der Waals surface area (Å²) in [5, 5.41) is 1.26. The lowest BCUT2D eigenvalue weighted by molar-refractivity contribution is 0.807. The van der Waals surface area contributed by atoms with E-state index in [0.717, 1.165) is 33.7 Å². The summed E-state index contributed by atoms with van der Waals surface area (Å²) in [6, 6.07) is 10.3. The number of nitrogens with two attached hydrogens (primary N) is 1. The first-order valence-corrected chi connectivity index (χ1v) is 8.57. The Balaban J connectivity index is 2.01. The normalized spacial score (nSPS) is 11.1. The number of hydrogen-bond donors (Lipinski definition) is 1. The van der Waals surface area contributed by atoms with Crippen molar-refractivity contribution in [1.82, 2.24) is 9.55 Å². The molecule has 0 unspecified atom stereocenters. The molecule has 0 amide bonds. The van der Waals surface area contributed by atoms with Crippen LogP contribution < -0.4 is 5.73 Å². The maximum absolute atomic E-state index is 6.05. The van der Waals surface area contributed by atoms with E-state index in [1.165, 1.54) is 10.3 Å². The first-order valence-electron chi connectivity index (χ1n) is 6.79. The van der Waals surface area contributed by atoms with E-state index in [9.17, 15) is 0 Å². The Hall–Kier alpha value is -1.46. The minimum Gasteiger partial charge on any atom is -0.399 e. The van der Waals surface area contributed by atoms with Gasteiger partial charge in [0.1, 0.15) is 0 Å². The Kier molecular flexibility index (Phi) is 4.22. The topological polar surface area (TPSA) is 43.8 Å². The van der Waals surface area contributed by atoms with Crippen LogP contribution in [0.25, 0.3) is 10.9 Å². The zero-order valence-electron chi connectivity index (χ0n) is 11.7. The van der Waals surface area contributed by atoms with Crippen LogP contribution in [0.5, 0.6) is 0 Å². The van der Waals surface area contributed by atoms with Crippen LogP contribution >= 0.6 is 27.7 Å². The van der Waals surface area contributed by atoms with Crippen molar-refractivity contribution >= 4 is 44.3 Å². The van der Waals surface area contributed by atoms with Crippen LogP contribution in [0.4, 0.5) is 5.69 Å². The number of fused-ring (bicyclic) bond motifs is 1. The quantitative estimate of drug-likeness (QED) is 0.547. The standard InChI is InChI=1S/C16H16BrN3S/c1-2-21-16-8-12(18)7-15-14(16)5-6-20(15)10-13-4-3-11(17)9-19-13/h3-9H,2,10,18H2,1H3. The summed E-state index contributed by atoms with van der Waals surface area (Å²) in [5.41, 5.74) is 9.05. The molecule has 21 heavy (non-hydrogen) atoms. The van der Waals surface area contributed by atoms with E-state index >= 15 is 0 Å². The fourth-order valence-electron chi connectivity index (χ4n) is 2.37. The maximum Gasteiger partial charge on any atom is 0.0648 e. The average Bonchev–Trinajstić information content (AvgIpc) is 2.85. The monoisotopic (exact) mass is 361 g/mol. The van der Waals surface area contributed by atoms with Gasteiger partial charge in [0.05, 0.1) is 17.8 Å². The largest absolute Gasteiger partial charge is 0.399 e. The molecule has 0 saturated heterocycles. The van der Waals surface area contributed by atoms with E-state index < -0.39 is 0 Å². The molecule has 3 aromatic rings. The van der Waals surface area contributed by atoms with Crippen molar-refractivity contribution in [2.75, 3.05) is 11.5 Å². The molecule has 0 bridgehead atoms. The third-order valence-electron chi connectivity index (χ3n) is 3.29. The molecule has 0 saturated carbocycles. The summed E-state index contributed by atoms with van der Waals surface area (Å²) in [5.74, 6) is 1.04. The van der Waals surface area contributed by atoms with Gasteiger partial charge in [-0.1, -0.05) is 6.92 Å².